The molecular formula is C15H21NO. The molecule has 92 valence electrons. The SMILES string of the molecule is CC(=O)c1ccc(NC2CCCCCC2)cc1. The Hall–Kier alpha value is -1.31. The van der Waals surface area contributed by atoms with E-state index < -0.39 is 0 Å². The molecule has 2 nitrogen and oxygen atoms in total. The zero-order valence-corrected chi connectivity index (χ0v) is 10.5. The summed E-state index contributed by atoms with van der Waals surface area (Å²) >= 11 is 0. The average molecular weight is 231 g/mol. The van der Waals surface area contributed by atoms with Crippen LogP contribution in [-0.4, -0.2) is 11.8 Å². The third kappa shape index (κ3) is 3.58. The Kier molecular flexibility index (Phi) is 4.18. The molecule has 0 aliphatic heterocycles. The van der Waals surface area contributed by atoms with Crippen LogP contribution in [0.25, 0.3) is 0 Å². The van der Waals surface area contributed by atoms with E-state index in [0.29, 0.717) is 6.04 Å². The van der Waals surface area contributed by atoms with Gasteiger partial charge in [0.05, 0.1) is 0 Å². The molecule has 2 heteroatoms. The summed E-state index contributed by atoms with van der Waals surface area (Å²) in [6.45, 7) is 1.60. The van der Waals surface area contributed by atoms with Crippen molar-refractivity contribution in [2.24, 2.45) is 0 Å². The van der Waals surface area contributed by atoms with Crippen molar-refractivity contribution in [3.63, 3.8) is 0 Å². The maximum Gasteiger partial charge on any atom is 0.159 e. The monoisotopic (exact) mass is 231 g/mol. The third-order valence-corrected chi connectivity index (χ3v) is 3.52. The van der Waals surface area contributed by atoms with Crippen LogP contribution in [-0.2, 0) is 0 Å². The molecule has 0 spiro atoms. The molecule has 0 saturated heterocycles. The molecule has 2 rings (SSSR count). The molecule has 17 heavy (non-hydrogen) atoms. The molecule has 1 aliphatic rings. The lowest BCUT2D eigenvalue weighted by Crippen LogP contribution is -2.18. The van der Waals surface area contributed by atoms with Crippen LogP contribution < -0.4 is 5.32 Å². The Labute approximate surface area is 103 Å². The minimum absolute atomic E-state index is 0.131. The highest BCUT2D eigenvalue weighted by molar-refractivity contribution is 5.94. The van der Waals surface area contributed by atoms with E-state index >= 15 is 0 Å². The summed E-state index contributed by atoms with van der Waals surface area (Å²) < 4.78 is 0. The molecule has 1 N–H and O–H groups in total. The normalized spacial score (nSPS) is 17.5. The first-order valence-electron chi connectivity index (χ1n) is 6.63. The molecule has 0 bridgehead atoms. The Morgan fingerprint density at radius 1 is 1.06 bits per heavy atom. The quantitative estimate of drug-likeness (QED) is 0.628. The second-order valence-electron chi connectivity index (χ2n) is 4.97. The molecule has 1 saturated carbocycles. The second kappa shape index (κ2) is 5.85. The summed E-state index contributed by atoms with van der Waals surface area (Å²) in [6.07, 6.45) is 7.97. The second-order valence-corrected chi connectivity index (χ2v) is 4.97. The van der Waals surface area contributed by atoms with Crippen molar-refractivity contribution in [1.82, 2.24) is 0 Å². The van der Waals surface area contributed by atoms with Gasteiger partial charge in [-0.05, 0) is 44.0 Å². The van der Waals surface area contributed by atoms with Crippen LogP contribution in [0.4, 0.5) is 5.69 Å². The number of nitrogens with one attached hydrogen (secondary N) is 1. The van der Waals surface area contributed by atoms with Gasteiger partial charge in [0.2, 0.25) is 0 Å². The number of benzene rings is 1. The van der Waals surface area contributed by atoms with Gasteiger partial charge in [0.1, 0.15) is 0 Å². The van der Waals surface area contributed by atoms with Gasteiger partial charge in [-0.25, -0.2) is 0 Å². The summed E-state index contributed by atoms with van der Waals surface area (Å²) in [5.74, 6) is 0.131. The first-order chi connectivity index (χ1) is 8.25. The van der Waals surface area contributed by atoms with Gasteiger partial charge in [-0.1, -0.05) is 25.7 Å². The Morgan fingerprint density at radius 2 is 1.65 bits per heavy atom. The van der Waals surface area contributed by atoms with Gasteiger partial charge < -0.3 is 5.32 Å². The number of carbonyl (C=O) groups is 1. The van der Waals surface area contributed by atoms with Crippen molar-refractivity contribution in [1.29, 1.82) is 0 Å². The molecule has 1 aromatic carbocycles. The molecular weight excluding hydrogens is 210 g/mol. The van der Waals surface area contributed by atoms with E-state index in [1.807, 2.05) is 24.3 Å². The lowest BCUT2D eigenvalue weighted by molar-refractivity contribution is 0.101. The van der Waals surface area contributed by atoms with Crippen LogP contribution in [0.1, 0.15) is 55.8 Å². The summed E-state index contributed by atoms with van der Waals surface area (Å²) in [6, 6.07) is 8.45. The number of ketones is 1. The highest BCUT2D eigenvalue weighted by Crippen LogP contribution is 2.21. The van der Waals surface area contributed by atoms with Crippen molar-refractivity contribution in [3.05, 3.63) is 29.8 Å². The van der Waals surface area contributed by atoms with E-state index in [9.17, 15) is 4.79 Å². The van der Waals surface area contributed by atoms with Gasteiger partial charge in [-0.3, -0.25) is 4.79 Å². The number of Topliss-reactive ketones (excluding diaryl/α,β-unsaturated/α-hetero) is 1. The molecule has 1 fully saturated rings. The zero-order chi connectivity index (χ0) is 12.1. The van der Waals surface area contributed by atoms with E-state index in [0.717, 1.165) is 11.3 Å². The Balaban J connectivity index is 1.95. The Morgan fingerprint density at radius 3 is 2.18 bits per heavy atom. The van der Waals surface area contributed by atoms with Crippen LogP contribution in [0.15, 0.2) is 24.3 Å². The smallest absolute Gasteiger partial charge is 0.159 e. The summed E-state index contributed by atoms with van der Waals surface area (Å²) in [7, 11) is 0. The fourth-order valence-electron chi connectivity index (χ4n) is 2.46. The van der Waals surface area contributed by atoms with Crippen molar-refractivity contribution in [2.45, 2.75) is 51.5 Å². The van der Waals surface area contributed by atoms with Gasteiger partial charge in [0.15, 0.2) is 5.78 Å². The van der Waals surface area contributed by atoms with Crippen molar-refractivity contribution < 1.29 is 4.79 Å². The lowest BCUT2D eigenvalue weighted by Gasteiger charge is -2.17. The van der Waals surface area contributed by atoms with Crippen LogP contribution >= 0.6 is 0 Å². The van der Waals surface area contributed by atoms with E-state index in [1.165, 1.54) is 38.5 Å². The van der Waals surface area contributed by atoms with Crippen molar-refractivity contribution in [2.75, 3.05) is 5.32 Å². The molecule has 1 aromatic rings. The van der Waals surface area contributed by atoms with Crippen LogP contribution in [0, 0.1) is 0 Å². The number of rotatable bonds is 3. The molecule has 0 unspecified atom stereocenters. The molecule has 0 radical (unpaired) electrons. The van der Waals surface area contributed by atoms with Gasteiger partial charge in [0, 0.05) is 17.3 Å². The predicted octanol–water partition coefficient (Wildman–Crippen LogP) is 4.02. The molecule has 0 aromatic heterocycles. The predicted molar refractivity (Wildman–Crippen MR) is 71.6 cm³/mol. The van der Waals surface area contributed by atoms with Crippen LogP contribution in [0.5, 0.6) is 0 Å². The fraction of sp³-hybridized carbons (Fsp3) is 0.533. The van der Waals surface area contributed by atoms with E-state index in [1.54, 1.807) is 6.92 Å². The summed E-state index contributed by atoms with van der Waals surface area (Å²) in [4.78, 5) is 11.2. The molecule has 0 amide bonds. The maximum atomic E-state index is 11.2. The summed E-state index contributed by atoms with van der Waals surface area (Å²) in [5, 5.41) is 3.58. The molecule has 0 atom stereocenters. The minimum atomic E-state index is 0.131. The highest BCUT2D eigenvalue weighted by Gasteiger charge is 2.11. The van der Waals surface area contributed by atoms with E-state index in [2.05, 4.69) is 5.32 Å². The van der Waals surface area contributed by atoms with Crippen molar-refractivity contribution in [3.8, 4) is 0 Å². The Bertz CT molecular complexity index is 361. The highest BCUT2D eigenvalue weighted by atomic mass is 16.1. The van der Waals surface area contributed by atoms with Crippen LogP contribution in [0.2, 0.25) is 0 Å². The lowest BCUT2D eigenvalue weighted by atomic mass is 10.1. The number of hydrogen-bond acceptors (Lipinski definition) is 2. The van der Waals surface area contributed by atoms with Gasteiger partial charge >= 0.3 is 0 Å². The first-order valence-corrected chi connectivity index (χ1v) is 6.63. The first kappa shape index (κ1) is 12.2. The zero-order valence-electron chi connectivity index (χ0n) is 10.5. The van der Waals surface area contributed by atoms with Crippen molar-refractivity contribution >= 4 is 11.5 Å². The number of carbonyl (C=O) groups excluding carboxylic acids is 1. The fourth-order valence-corrected chi connectivity index (χ4v) is 2.46. The van der Waals surface area contributed by atoms with Gasteiger partial charge in [-0.2, -0.15) is 0 Å². The minimum Gasteiger partial charge on any atom is -0.382 e. The third-order valence-electron chi connectivity index (χ3n) is 3.52. The topological polar surface area (TPSA) is 29.1 Å². The van der Waals surface area contributed by atoms with E-state index in [4.69, 9.17) is 0 Å². The largest absolute Gasteiger partial charge is 0.382 e. The standard InChI is InChI=1S/C15H21NO/c1-12(17)13-8-10-15(11-9-13)16-14-6-4-2-3-5-7-14/h8-11,14,16H,2-7H2,1H3. The van der Waals surface area contributed by atoms with E-state index in [-0.39, 0.29) is 5.78 Å². The van der Waals surface area contributed by atoms with Gasteiger partial charge in [-0.15, -0.1) is 0 Å². The average Bonchev–Trinajstić information content (AvgIpc) is 2.58. The number of anilines is 1. The molecule has 0 heterocycles. The van der Waals surface area contributed by atoms with Crippen LogP contribution in [0.3, 0.4) is 0 Å². The molecule has 1 aliphatic carbocycles. The summed E-state index contributed by atoms with van der Waals surface area (Å²) in [5.41, 5.74) is 1.93. The van der Waals surface area contributed by atoms with Gasteiger partial charge in [0.25, 0.3) is 0 Å². The number of hydrogen-bond donors (Lipinski definition) is 1. The maximum absolute atomic E-state index is 11.2.